The molecule has 132 valence electrons. The Morgan fingerprint density at radius 1 is 1.23 bits per heavy atom. The van der Waals surface area contributed by atoms with Gasteiger partial charge in [0, 0.05) is 22.1 Å². The first-order chi connectivity index (χ1) is 12.4. The van der Waals surface area contributed by atoms with Crippen LogP contribution in [0.2, 0.25) is 0 Å². The summed E-state index contributed by atoms with van der Waals surface area (Å²) >= 11 is 3.21. The molecule has 0 aliphatic heterocycles. The third-order valence-corrected chi connectivity index (χ3v) is 5.30. The first-order valence-corrected chi connectivity index (χ1v) is 9.45. The minimum Gasteiger partial charge on any atom is -0.296 e. The molecule has 26 heavy (non-hydrogen) atoms. The summed E-state index contributed by atoms with van der Waals surface area (Å²) in [5.74, 6) is -0.373. The first kappa shape index (κ1) is 18.4. The van der Waals surface area contributed by atoms with Gasteiger partial charge in [0.1, 0.15) is 5.01 Å². The number of rotatable bonds is 5. The van der Waals surface area contributed by atoms with Gasteiger partial charge in [-0.25, -0.2) is 0 Å². The normalized spacial score (nSPS) is 10.5. The number of benzene rings is 2. The van der Waals surface area contributed by atoms with Crippen LogP contribution in [0.4, 0.5) is 10.8 Å². The highest BCUT2D eigenvalue weighted by molar-refractivity contribution is 14.1. The average Bonchev–Trinajstić information content (AvgIpc) is 3.03. The van der Waals surface area contributed by atoms with Crippen molar-refractivity contribution in [1.29, 1.82) is 0 Å². The van der Waals surface area contributed by atoms with Crippen LogP contribution in [-0.4, -0.2) is 21.0 Å². The smallest absolute Gasteiger partial charge is 0.270 e. The molecule has 9 heteroatoms. The van der Waals surface area contributed by atoms with E-state index in [0.29, 0.717) is 20.7 Å². The molecule has 0 saturated heterocycles. The molecule has 0 fully saturated rings. The largest absolute Gasteiger partial charge is 0.296 e. The Balaban J connectivity index is 1.69. The lowest BCUT2D eigenvalue weighted by molar-refractivity contribution is -0.384. The Morgan fingerprint density at radius 3 is 2.62 bits per heavy atom. The zero-order valence-corrected chi connectivity index (χ0v) is 16.6. The predicted molar refractivity (Wildman–Crippen MR) is 108 cm³/mol. The van der Waals surface area contributed by atoms with Crippen LogP contribution < -0.4 is 5.32 Å². The topological polar surface area (TPSA) is 98.0 Å². The van der Waals surface area contributed by atoms with Crippen molar-refractivity contribution in [3.8, 4) is 0 Å². The highest BCUT2D eigenvalue weighted by atomic mass is 127. The van der Waals surface area contributed by atoms with Crippen LogP contribution in [0, 0.1) is 20.6 Å². The zero-order valence-electron chi connectivity index (χ0n) is 13.6. The fourth-order valence-electron chi connectivity index (χ4n) is 2.22. The fraction of sp³-hybridized carbons (Fsp3) is 0.118. The van der Waals surface area contributed by atoms with E-state index in [4.69, 9.17) is 0 Å². The Kier molecular flexibility index (Phi) is 5.57. The number of carbonyl (C=O) groups is 1. The predicted octanol–water partition coefficient (Wildman–Crippen LogP) is 4.20. The van der Waals surface area contributed by atoms with Gasteiger partial charge in [0.25, 0.3) is 11.6 Å². The number of nitro groups is 1. The van der Waals surface area contributed by atoms with Crippen molar-refractivity contribution in [3.63, 3.8) is 0 Å². The van der Waals surface area contributed by atoms with E-state index >= 15 is 0 Å². The summed E-state index contributed by atoms with van der Waals surface area (Å²) < 4.78 is 0.499. The quantitative estimate of drug-likeness (QED) is 0.335. The van der Waals surface area contributed by atoms with E-state index in [1.807, 2.05) is 53.8 Å². The van der Waals surface area contributed by atoms with E-state index in [1.54, 1.807) is 0 Å². The number of hydrogen-bond donors (Lipinski definition) is 1. The van der Waals surface area contributed by atoms with Crippen LogP contribution in [0.5, 0.6) is 0 Å². The molecule has 0 aliphatic rings. The van der Waals surface area contributed by atoms with Crippen molar-refractivity contribution < 1.29 is 9.72 Å². The lowest BCUT2D eigenvalue weighted by atomic mass is 10.1. The second kappa shape index (κ2) is 7.87. The van der Waals surface area contributed by atoms with E-state index < -0.39 is 4.92 Å². The molecule has 2 aromatic carbocycles. The Hall–Kier alpha value is -2.40. The number of non-ortho nitro benzene ring substituents is 1. The van der Waals surface area contributed by atoms with Crippen LogP contribution in [0.25, 0.3) is 0 Å². The van der Waals surface area contributed by atoms with Crippen molar-refractivity contribution >= 4 is 50.7 Å². The van der Waals surface area contributed by atoms with Gasteiger partial charge in [0.2, 0.25) is 5.13 Å². The summed E-state index contributed by atoms with van der Waals surface area (Å²) in [5.41, 5.74) is 2.61. The average molecular weight is 480 g/mol. The maximum absolute atomic E-state index is 12.4. The van der Waals surface area contributed by atoms with Crippen molar-refractivity contribution in [2.75, 3.05) is 5.32 Å². The molecule has 0 spiro atoms. The maximum atomic E-state index is 12.4. The molecule has 1 aromatic heterocycles. The van der Waals surface area contributed by atoms with Crippen LogP contribution in [0.1, 0.15) is 26.5 Å². The molecule has 3 aromatic rings. The third-order valence-electron chi connectivity index (χ3n) is 3.57. The number of nitrogens with one attached hydrogen (secondary N) is 1. The number of carbonyl (C=O) groups excluding carboxylic acids is 1. The third kappa shape index (κ3) is 4.41. The molecule has 0 unspecified atom stereocenters. The molecular formula is C17H13IN4O3S. The molecule has 0 saturated carbocycles. The molecule has 1 N–H and O–H groups in total. The Morgan fingerprint density at radius 2 is 1.96 bits per heavy atom. The number of hydrogen-bond acceptors (Lipinski definition) is 6. The number of halogens is 1. The van der Waals surface area contributed by atoms with E-state index in [-0.39, 0.29) is 11.6 Å². The number of nitrogens with zero attached hydrogens (tertiary/aromatic N) is 3. The standard InChI is InChI=1S/C17H13IN4O3S/c1-10-2-4-11(5-3-10)8-15-20-21-17(26-15)19-16(23)13-7-6-12(22(24)25)9-14(13)18/h2-7,9H,8H2,1H3,(H,19,21,23). The van der Waals surface area contributed by atoms with E-state index in [9.17, 15) is 14.9 Å². The summed E-state index contributed by atoms with van der Waals surface area (Å²) in [5, 5.41) is 22.8. The molecular weight excluding hydrogens is 467 g/mol. The molecule has 0 bridgehead atoms. The van der Waals surface area contributed by atoms with Gasteiger partial charge < -0.3 is 0 Å². The summed E-state index contributed by atoms with van der Waals surface area (Å²) in [6.07, 6.45) is 0.642. The highest BCUT2D eigenvalue weighted by Crippen LogP contribution is 2.23. The van der Waals surface area contributed by atoms with Crippen molar-refractivity contribution in [3.05, 3.63) is 77.8 Å². The SMILES string of the molecule is Cc1ccc(Cc2nnc(NC(=O)c3ccc([N+](=O)[O-])cc3I)s2)cc1. The van der Waals surface area contributed by atoms with Gasteiger partial charge in [-0.05, 0) is 41.1 Å². The molecule has 3 rings (SSSR count). The lowest BCUT2D eigenvalue weighted by Crippen LogP contribution is -2.13. The van der Waals surface area contributed by atoms with Gasteiger partial charge >= 0.3 is 0 Å². The van der Waals surface area contributed by atoms with Gasteiger partial charge in [0.15, 0.2) is 0 Å². The van der Waals surface area contributed by atoms with Gasteiger partial charge in [-0.3, -0.25) is 20.2 Å². The molecule has 1 amide bonds. The molecule has 7 nitrogen and oxygen atoms in total. The zero-order chi connectivity index (χ0) is 18.7. The van der Waals surface area contributed by atoms with Crippen LogP contribution >= 0.6 is 33.9 Å². The van der Waals surface area contributed by atoms with Gasteiger partial charge in [0.05, 0.1) is 10.5 Å². The number of aryl methyl sites for hydroxylation is 1. The summed E-state index contributed by atoms with van der Waals surface area (Å²) in [6, 6.07) is 12.2. The number of anilines is 1. The van der Waals surface area contributed by atoms with E-state index in [1.165, 1.54) is 35.1 Å². The first-order valence-electron chi connectivity index (χ1n) is 7.55. The van der Waals surface area contributed by atoms with Crippen LogP contribution in [0.15, 0.2) is 42.5 Å². The summed E-state index contributed by atoms with van der Waals surface area (Å²) in [7, 11) is 0. The van der Waals surface area contributed by atoms with Gasteiger partial charge in [-0.15, -0.1) is 10.2 Å². The van der Waals surface area contributed by atoms with Gasteiger partial charge in [-0.1, -0.05) is 41.2 Å². The number of nitro benzene ring substituents is 1. The van der Waals surface area contributed by atoms with Gasteiger partial charge in [-0.2, -0.15) is 0 Å². The molecule has 0 atom stereocenters. The van der Waals surface area contributed by atoms with Crippen molar-refractivity contribution in [2.24, 2.45) is 0 Å². The number of amides is 1. The van der Waals surface area contributed by atoms with E-state index in [2.05, 4.69) is 15.5 Å². The minimum absolute atomic E-state index is 0.0535. The molecule has 0 aliphatic carbocycles. The molecule has 1 heterocycles. The van der Waals surface area contributed by atoms with Crippen LogP contribution in [0.3, 0.4) is 0 Å². The van der Waals surface area contributed by atoms with E-state index in [0.717, 1.165) is 10.6 Å². The number of aromatic nitrogens is 2. The monoisotopic (exact) mass is 480 g/mol. The molecule has 0 radical (unpaired) electrons. The van der Waals surface area contributed by atoms with Crippen molar-refractivity contribution in [1.82, 2.24) is 10.2 Å². The van der Waals surface area contributed by atoms with Crippen molar-refractivity contribution in [2.45, 2.75) is 13.3 Å². The Labute approximate surface area is 166 Å². The summed E-state index contributed by atoms with van der Waals surface area (Å²) in [6.45, 7) is 2.03. The Bertz CT molecular complexity index is 972. The highest BCUT2D eigenvalue weighted by Gasteiger charge is 2.16. The van der Waals surface area contributed by atoms with Crippen LogP contribution in [-0.2, 0) is 6.42 Å². The lowest BCUT2D eigenvalue weighted by Gasteiger charge is -2.03. The fourth-order valence-corrected chi connectivity index (χ4v) is 3.74. The second-order valence-corrected chi connectivity index (χ2v) is 7.76. The minimum atomic E-state index is -0.494. The maximum Gasteiger partial charge on any atom is 0.270 e. The second-order valence-electron chi connectivity index (χ2n) is 5.54. The summed E-state index contributed by atoms with van der Waals surface area (Å²) in [4.78, 5) is 22.7.